The predicted molar refractivity (Wildman–Crippen MR) is 187 cm³/mol. The standard InChI is InChI=1S/C38H26N2.2C2H6/c1-37-23-38(31-21-11-9-19-29(31)37,32-22-12-10-20-30(32)37)36-39-34(24-13-3-2-4-14-24)33-27-17-7-5-15-25(27)26-16-6-8-18-28(26)35(33)40-36;2*1-2/h2-22H,23H2,1H3;2*1-2H3. The fourth-order valence-electron chi connectivity index (χ4n) is 7.96. The fraction of sp³-hybridized carbons (Fsp3) is 0.190. The molecule has 6 aromatic carbocycles. The van der Waals surface area contributed by atoms with Gasteiger partial charge in [0.2, 0.25) is 0 Å². The zero-order chi connectivity index (χ0) is 30.5. The molecule has 2 heteroatoms. The number of nitrogens with zero attached hydrogens (tertiary/aromatic N) is 2. The first kappa shape index (κ1) is 28.0. The van der Waals surface area contributed by atoms with Crippen LogP contribution in [0, 0.1) is 0 Å². The van der Waals surface area contributed by atoms with E-state index >= 15 is 0 Å². The summed E-state index contributed by atoms with van der Waals surface area (Å²) in [5, 5.41) is 5.97. The minimum absolute atomic E-state index is 0.0656. The third-order valence-corrected chi connectivity index (χ3v) is 9.59. The summed E-state index contributed by atoms with van der Waals surface area (Å²) in [6.07, 6.45) is 0.948. The van der Waals surface area contributed by atoms with Crippen LogP contribution in [0.1, 0.15) is 69.1 Å². The molecule has 0 unspecified atom stereocenters. The number of benzene rings is 6. The molecule has 7 aromatic rings. The summed E-state index contributed by atoms with van der Waals surface area (Å²) in [6, 6.07) is 46.0. The normalized spacial score (nSPS) is 19.1. The number of hydrogen-bond donors (Lipinski definition) is 0. The van der Waals surface area contributed by atoms with Crippen LogP contribution in [0.15, 0.2) is 127 Å². The van der Waals surface area contributed by atoms with Gasteiger partial charge in [-0.05, 0) is 44.8 Å². The van der Waals surface area contributed by atoms with E-state index in [0.717, 1.165) is 34.4 Å². The van der Waals surface area contributed by atoms with Crippen molar-refractivity contribution in [3.8, 4) is 11.3 Å². The second-order valence-corrected chi connectivity index (χ2v) is 11.6. The Morgan fingerprint density at radius 2 is 0.932 bits per heavy atom. The maximum atomic E-state index is 5.61. The van der Waals surface area contributed by atoms with Crippen LogP contribution in [-0.4, -0.2) is 9.97 Å². The Hall–Kier alpha value is -4.82. The summed E-state index contributed by atoms with van der Waals surface area (Å²) in [6.45, 7) is 10.4. The molecule has 216 valence electrons. The van der Waals surface area contributed by atoms with Crippen molar-refractivity contribution in [2.45, 2.75) is 51.9 Å². The maximum Gasteiger partial charge on any atom is 0.144 e. The molecule has 2 nitrogen and oxygen atoms in total. The SMILES string of the molecule is CC.CC.CC12CC(c3nc(-c4ccccc4)c4c5ccccc5c5ccccc5c4n3)(c3ccccc31)c1ccccc12. The van der Waals surface area contributed by atoms with Gasteiger partial charge < -0.3 is 0 Å². The Morgan fingerprint density at radius 3 is 1.52 bits per heavy atom. The van der Waals surface area contributed by atoms with Gasteiger partial charge in [-0.25, -0.2) is 9.97 Å². The number of fused-ring (bicyclic) bond motifs is 14. The first-order chi connectivity index (χ1) is 21.7. The lowest BCUT2D eigenvalue weighted by Gasteiger charge is -2.32. The summed E-state index contributed by atoms with van der Waals surface area (Å²) in [7, 11) is 0. The van der Waals surface area contributed by atoms with Crippen LogP contribution in [0.25, 0.3) is 43.7 Å². The monoisotopic (exact) mass is 570 g/mol. The molecule has 0 saturated heterocycles. The van der Waals surface area contributed by atoms with Crippen LogP contribution < -0.4 is 0 Å². The highest BCUT2D eigenvalue weighted by Crippen LogP contribution is 2.65. The maximum absolute atomic E-state index is 5.61. The molecule has 2 aliphatic carbocycles. The summed E-state index contributed by atoms with van der Waals surface area (Å²) >= 11 is 0. The molecule has 0 amide bonds. The Balaban J connectivity index is 0.000000753. The Labute approximate surface area is 260 Å². The van der Waals surface area contributed by atoms with Gasteiger partial charge in [0.1, 0.15) is 5.82 Å². The molecule has 0 spiro atoms. The van der Waals surface area contributed by atoms with Crippen molar-refractivity contribution in [2.75, 3.05) is 0 Å². The van der Waals surface area contributed by atoms with E-state index in [1.165, 1.54) is 43.8 Å². The van der Waals surface area contributed by atoms with E-state index in [1.54, 1.807) is 0 Å². The zero-order valence-electron chi connectivity index (χ0n) is 26.2. The van der Waals surface area contributed by atoms with E-state index in [2.05, 4.69) is 134 Å². The largest absolute Gasteiger partial charge is 0.231 e. The van der Waals surface area contributed by atoms with Gasteiger partial charge in [-0.1, -0.05) is 162 Å². The van der Waals surface area contributed by atoms with E-state index < -0.39 is 5.41 Å². The molecular weight excluding hydrogens is 532 g/mol. The van der Waals surface area contributed by atoms with E-state index in [9.17, 15) is 0 Å². The van der Waals surface area contributed by atoms with Gasteiger partial charge >= 0.3 is 0 Å². The quantitative estimate of drug-likeness (QED) is 0.193. The Bertz CT molecular complexity index is 2110. The van der Waals surface area contributed by atoms with Crippen molar-refractivity contribution >= 4 is 32.4 Å². The smallest absolute Gasteiger partial charge is 0.144 e. The van der Waals surface area contributed by atoms with Crippen LogP contribution >= 0.6 is 0 Å². The molecular formula is C42H38N2. The van der Waals surface area contributed by atoms with E-state index in [0.29, 0.717) is 0 Å². The lowest BCUT2D eigenvalue weighted by molar-refractivity contribution is 0.517. The molecule has 0 aliphatic heterocycles. The van der Waals surface area contributed by atoms with Crippen LogP contribution in [0.3, 0.4) is 0 Å². The molecule has 0 atom stereocenters. The second kappa shape index (κ2) is 10.7. The summed E-state index contributed by atoms with van der Waals surface area (Å²) < 4.78 is 0. The van der Waals surface area contributed by atoms with Crippen molar-refractivity contribution in [1.82, 2.24) is 9.97 Å². The zero-order valence-corrected chi connectivity index (χ0v) is 26.2. The lowest BCUT2D eigenvalue weighted by atomic mass is 9.72. The average Bonchev–Trinajstić information content (AvgIpc) is 3.56. The number of aromatic nitrogens is 2. The molecule has 2 aliphatic rings. The van der Waals surface area contributed by atoms with Crippen molar-refractivity contribution in [3.63, 3.8) is 0 Å². The van der Waals surface area contributed by atoms with E-state index in [4.69, 9.17) is 9.97 Å². The third kappa shape index (κ3) is 3.67. The highest BCUT2D eigenvalue weighted by Gasteiger charge is 2.61. The summed E-state index contributed by atoms with van der Waals surface area (Å²) in [5.41, 5.74) is 8.20. The minimum Gasteiger partial charge on any atom is -0.231 e. The third-order valence-electron chi connectivity index (χ3n) is 9.59. The Morgan fingerprint density at radius 1 is 0.477 bits per heavy atom. The van der Waals surface area contributed by atoms with Gasteiger partial charge in [-0.3, -0.25) is 0 Å². The molecule has 0 saturated carbocycles. The summed E-state index contributed by atoms with van der Waals surface area (Å²) in [4.78, 5) is 11.2. The first-order valence-corrected chi connectivity index (χ1v) is 16.1. The first-order valence-electron chi connectivity index (χ1n) is 16.1. The Kier molecular flexibility index (Phi) is 6.81. The van der Waals surface area contributed by atoms with Gasteiger partial charge in [-0.15, -0.1) is 0 Å². The lowest BCUT2D eigenvalue weighted by Crippen LogP contribution is -2.28. The van der Waals surface area contributed by atoms with E-state index in [1.807, 2.05) is 27.7 Å². The molecule has 44 heavy (non-hydrogen) atoms. The molecule has 2 bridgehead atoms. The molecule has 9 rings (SSSR count). The van der Waals surface area contributed by atoms with Gasteiger partial charge in [0.05, 0.1) is 16.6 Å². The van der Waals surface area contributed by atoms with Crippen LogP contribution in [0.4, 0.5) is 0 Å². The number of hydrogen-bond acceptors (Lipinski definition) is 2. The van der Waals surface area contributed by atoms with E-state index in [-0.39, 0.29) is 5.41 Å². The predicted octanol–water partition coefficient (Wildman–Crippen LogP) is 11.0. The molecule has 0 N–H and O–H groups in total. The van der Waals surface area contributed by atoms with Gasteiger partial charge in [0, 0.05) is 21.8 Å². The van der Waals surface area contributed by atoms with Gasteiger partial charge in [-0.2, -0.15) is 0 Å². The highest BCUT2D eigenvalue weighted by atomic mass is 14.9. The van der Waals surface area contributed by atoms with Crippen LogP contribution in [0.5, 0.6) is 0 Å². The average molecular weight is 571 g/mol. The van der Waals surface area contributed by atoms with Crippen LogP contribution in [0.2, 0.25) is 0 Å². The van der Waals surface area contributed by atoms with Crippen molar-refractivity contribution < 1.29 is 0 Å². The van der Waals surface area contributed by atoms with Crippen molar-refractivity contribution in [1.29, 1.82) is 0 Å². The van der Waals surface area contributed by atoms with Crippen molar-refractivity contribution in [2.24, 2.45) is 0 Å². The molecule has 0 radical (unpaired) electrons. The van der Waals surface area contributed by atoms with Gasteiger partial charge in [0.15, 0.2) is 0 Å². The minimum atomic E-state index is -0.396. The van der Waals surface area contributed by atoms with Crippen LogP contribution in [-0.2, 0) is 10.8 Å². The van der Waals surface area contributed by atoms with Crippen molar-refractivity contribution in [3.05, 3.63) is 155 Å². The molecule has 1 heterocycles. The highest BCUT2D eigenvalue weighted by molar-refractivity contribution is 6.26. The molecule has 1 aromatic heterocycles. The summed E-state index contributed by atoms with van der Waals surface area (Å²) in [5.74, 6) is 0.903. The topological polar surface area (TPSA) is 25.8 Å². The second-order valence-electron chi connectivity index (χ2n) is 11.6. The van der Waals surface area contributed by atoms with Gasteiger partial charge in [0.25, 0.3) is 0 Å². The molecule has 0 fully saturated rings. The number of rotatable bonds is 2. The fourth-order valence-corrected chi connectivity index (χ4v) is 7.96.